The van der Waals surface area contributed by atoms with Crippen molar-refractivity contribution in [2.24, 2.45) is 5.41 Å². The lowest BCUT2D eigenvalue weighted by atomic mass is 9.65. The van der Waals surface area contributed by atoms with Gasteiger partial charge in [0.05, 0.1) is 5.41 Å². The van der Waals surface area contributed by atoms with E-state index in [1.54, 1.807) is 0 Å². The fraction of sp³-hybridized carbons (Fsp3) is 0.300. The van der Waals surface area contributed by atoms with Gasteiger partial charge in [0.25, 0.3) is 0 Å². The average molecular weight is 292 g/mol. The second-order valence-corrected chi connectivity index (χ2v) is 6.03. The summed E-state index contributed by atoms with van der Waals surface area (Å²) in [6, 6.07) is 18.5. The van der Waals surface area contributed by atoms with Crippen LogP contribution < -0.4 is 0 Å². The molecule has 2 heteroatoms. The molecule has 3 rings (SSSR count). The molecule has 112 valence electrons. The number of carbonyl (C=O) groups excluding carboxylic acids is 2. The van der Waals surface area contributed by atoms with Crippen molar-refractivity contribution in [3.05, 3.63) is 71.8 Å². The summed E-state index contributed by atoms with van der Waals surface area (Å²) in [6.07, 6.45) is 4.31. The summed E-state index contributed by atoms with van der Waals surface area (Å²) in [7, 11) is 0. The topological polar surface area (TPSA) is 34.1 Å². The highest BCUT2D eigenvalue weighted by atomic mass is 16.2. The van der Waals surface area contributed by atoms with Crippen molar-refractivity contribution in [3.8, 4) is 0 Å². The summed E-state index contributed by atoms with van der Waals surface area (Å²) in [5, 5.41) is 0. The maximum atomic E-state index is 13.1. The Labute approximate surface area is 131 Å². The van der Waals surface area contributed by atoms with E-state index in [0.717, 1.165) is 19.3 Å². The van der Waals surface area contributed by atoms with Crippen molar-refractivity contribution in [2.45, 2.75) is 32.1 Å². The molecule has 0 aliphatic heterocycles. The third kappa shape index (κ3) is 2.61. The van der Waals surface area contributed by atoms with Gasteiger partial charge in [0.15, 0.2) is 11.6 Å². The van der Waals surface area contributed by atoms with Gasteiger partial charge in [-0.1, -0.05) is 79.9 Å². The number of Topliss-reactive ketones (excluding diaryl/α,β-unsaturated/α-hetero) is 2. The van der Waals surface area contributed by atoms with E-state index in [1.807, 2.05) is 60.7 Å². The van der Waals surface area contributed by atoms with Gasteiger partial charge in [0, 0.05) is 11.1 Å². The molecule has 2 nitrogen and oxygen atoms in total. The Bertz CT molecular complexity index is 599. The van der Waals surface area contributed by atoms with Crippen LogP contribution in [0.15, 0.2) is 60.7 Å². The molecule has 0 bridgehead atoms. The number of carbonyl (C=O) groups is 2. The molecule has 0 amide bonds. The van der Waals surface area contributed by atoms with Crippen molar-refractivity contribution < 1.29 is 9.59 Å². The van der Waals surface area contributed by atoms with Crippen molar-refractivity contribution in [2.75, 3.05) is 0 Å². The van der Waals surface area contributed by atoms with Gasteiger partial charge in [-0.2, -0.15) is 0 Å². The molecule has 1 fully saturated rings. The lowest BCUT2D eigenvalue weighted by Crippen LogP contribution is -2.41. The normalized spacial score (nSPS) is 16.9. The van der Waals surface area contributed by atoms with Crippen LogP contribution in [0.3, 0.4) is 0 Å². The quantitative estimate of drug-likeness (QED) is 0.604. The number of ketones is 2. The molecule has 22 heavy (non-hydrogen) atoms. The zero-order chi connectivity index (χ0) is 15.4. The zero-order valence-electron chi connectivity index (χ0n) is 12.6. The predicted molar refractivity (Wildman–Crippen MR) is 87.1 cm³/mol. The SMILES string of the molecule is O=C(c1ccccc1)C1(C(=O)c2ccccc2)CCCCC1. The molecule has 2 aromatic carbocycles. The van der Waals surface area contributed by atoms with E-state index in [0.29, 0.717) is 24.0 Å². The van der Waals surface area contributed by atoms with Gasteiger partial charge >= 0.3 is 0 Å². The summed E-state index contributed by atoms with van der Waals surface area (Å²) >= 11 is 0. The summed E-state index contributed by atoms with van der Waals surface area (Å²) in [6.45, 7) is 0. The first kappa shape index (κ1) is 14.7. The third-order valence-corrected chi connectivity index (χ3v) is 4.65. The van der Waals surface area contributed by atoms with Gasteiger partial charge < -0.3 is 0 Å². The maximum Gasteiger partial charge on any atom is 0.176 e. The van der Waals surface area contributed by atoms with E-state index in [1.165, 1.54) is 0 Å². The summed E-state index contributed by atoms with van der Waals surface area (Å²) in [5.41, 5.74) is 0.420. The van der Waals surface area contributed by atoms with E-state index in [4.69, 9.17) is 0 Å². The Kier molecular flexibility index (Phi) is 4.19. The Morgan fingerprint density at radius 3 is 1.45 bits per heavy atom. The second-order valence-electron chi connectivity index (χ2n) is 6.03. The molecular weight excluding hydrogens is 272 g/mol. The Hall–Kier alpha value is -2.22. The maximum absolute atomic E-state index is 13.1. The van der Waals surface area contributed by atoms with E-state index in [2.05, 4.69) is 0 Å². The van der Waals surface area contributed by atoms with Crippen molar-refractivity contribution >= 4 is 11.6 Å². The highest BCUT2D eigenvalue weighted by molar-refractivity contribution is 6.19. The first-order valence-corrected chi connectivity index (χ1v) is 7.94. The van der Waals surface area contributed by atoms with Crippen molar-refractivity contribution in [1.29, 1.82) is 0 Å². The summed E-state index contributed by atoms with van der Waals surface area (Å²) in [5.74, 6) is -0.0247. The molecule has 1 aliphatic carbocycles. The molecule has 0 unspecified atom stereocenters. The monoisotopic (exact) mass is 292 g/mol. The third-order valence-electron chi connectivity index (χ3n) is 4.65. The number of benzene rings is 2. The largest absolute Gasteiger partial charge is 0.293 e. The molecule has 0 saturated heterocycles. The van der Waals surface area contributed by atoms with E-state index in [-0.39, 0.29) is 11.6 Å². The number of hydrogen-bond donors (Lipinski definition) is 0. The highest BCUT2D eigenvalue weighted by Gasteiger charge is 2.46. The second kappa shape index (κ2) is 6.27. The van der Waals surface area contributed by atoms with Crippen LogP contribution in [-0.2, 0) is 0 Å². The molecule has 0 spiro atoms. The Balaban J connectivity index is 2.02. The van der Waals surface area contributed by atoms with Crippen LogP contribution in [0.4, 0.5) is 0 Å². The van der Waals surface area contributed by atoms with Gasteiger partial charge in [0.1, 0.15) is 0 Å². The molecule has 1 aliphatic rings. The molecule has 0 heterocycles. The van der Waals surface area contributed by atoms with Gasteiger partial charge in [-0.15, -0.1) is 0 Å². The molecule has 0 aromatic heterocycles. The zero-order valence-corrected chi connectivity index (χ0v) is 12.6. The van der Waals surface area contributed by atoms with E-state index in [9.17, 15) is 9.59 Å². The Morgan fingerprint density at radius 2 is 1.05 bits per heavy atom. The van der Waals surface area contributed by atoms with Gasteiger partial charge in [-0.25, -0.2) is 0 Å². The lowest BCUT2D eigenvalue weighted by molar-refractivity contribution is 0.0590. The smallest absolute Gasteiger partial charge is 0.176 e. The minimum absolute atomic E-state index is 0.0124. The van der Waals surface area contributed by atoms with Crippen LogP contribution in [0.1, 0.15) is 52.8 Å². The summed E-state index contributed by atoms with van der Waals surface area (Å²) in [4.78, 5) is 26.2. The first-order chi connectivity index (χ1) is 10.7. The first-order valence-electron chi connectivity index (χ1n) is 7.94. The number of rotatable bonds is 4. The van der Waals surface area contributed by atoms with Crippen LogP contribution in [0.2, 0.25) is 0 Å². The fourth-order valence-corrected chi connectivity index (χ4v) is 3.44. The van der Waals surface area contributed by atoms with E-state index < -0.39 is 5.41 Å². The minimum Gasteiger partial charge on any atom is -0.293 e. The van der Waals surface area contributed by atoms with Crippen LogP contribution in [-0.4, -0.2) is 11.6 Å². The van der Waals surface area contributed by atoms with Gasteiger partial charge in [0.2, 0.25) is 0 Å². The summed E-state index contributed by atoms with van der Waals surface area (Å²) < 4.78 is 0. The van der Waals surface area contributed by atoms with Crippen LogP contribution in [0, 0.1) is 5.41 Å². The molecule has 0 radical (unpaired) electrons. The number of hydrogen-bond acceptors (Lipinski definition) is 2. The lowest BCUT2D eigenvalue weighted by Gasteiger charge is -2.34. The van der Waals surface area contributed by atoms with Crippen molar-refractivity contribution in [3.63, 3.8) is 0 Å². The highest BCUT2D eigenvalue weighted by Crippen LogP contribution is 2.41. The van der Waals surface area contributed by atoms with Crippen LogP contribution in [0.5, 0.6) is 0 Å². The molecule has 1 saturated carbocycles. The standard InChI is InChI=1S/C20H20O2/c21-18(16-10-4-1-5-11-16)20(14-8-3-9-15-20)19(22)17-12-6-2-7-13-17/h1-2,4-7,10-13H,3,8-9,14-15H2. The molecule has 0 atom stereocenters. The van der Waals surface area contributed by atoms with Gasteiger partial charge in [-0.05, 0) is 12.8 Å². The van der Waals surface area contributed by atoms with Gasteiger partial charge in [-0.3, -0.25) is 9.59 Å². The van der Waals surface area contributed by atoms with Crippen LogP contribution in [0.25, 0.3) is 0 Å². The van der Waals surface area contributed by atoms with Crippen LogP contribution >= 0.6 is 0 Å². The average Bonchev–Trinajstić information content (AvgIpc) is 2.62. The molecule has 0 N–H and O–H groups in total. The Morgan fingerprint density at radius 1 is 0.636 bits per heavy atom. The van der Waals surface area contributed by atoms with Crippen molar-refractivity contribution in [1.82, 2.24) is 0 Å². The van der Waals surface area contributed by atoms with E-state index >= 15 is 0 Å². The molecular formula is C20H20O2. The fourth-order valence-electron chi connectivity index (χ4n) is 3.44. The predicted octanol–water partition coefficient (Wildman–Crippen LogP) is 4.70. The minimum atomic E-state index is -0.874. The molecule has 2 aromatic rings.